The second-order valence-electron chi connectivity index (χ2n) is 5.03. The SMILES string of the molecule is CO[C@@H]1CN(c2ccc3nccc(C(=O)O)c3c2)[C@H]1C. The summed E-state index contributed by atoms with van der Waals surface area (Å²) in [6.07, 6.45) is 1.76. The average Bonchev–Trinajstić information content (AvgIpc) is 2.45. The maximum atomic E-state index is 11.3. The van der Waals surface area contributed by atoms with Gasteiger partial charge in [-0.25, -0.2) is 4.79 Å². The van der Waals surface area contributed by atoms with Crippen LogP contribution in [0.1, 0.15) is 17.3 Å². The molecule has 0 spiro atoms. The van der Waals surface area contributed by atoms with E-state index in [0.717, 1.165) is 12.2 Å². The molecule has 0 bridgehead atoms. The second-order valence-corrected chi connectivity index (χ2v) is 5.03. The van der Waals surface area contributed by atoms with Crippen molar-refractivity contribution in [2.45, 2.75) is 19.1 Å². The molecular weight excluding hydrogens is 256 g/mol. The molecule has 1 N–H and O–H groups in total. The maximum Gasteiger partial charge on any atom is 0.336 e. The van der Waals surface area contributed by atoms with Gasteiger partial charge in [0.25, 0.3) is 0 Å². The summed E-state index contributed by atoms with van der Waals surface area (Å²) < 4.78 is 5.35. The lowest BCUT2D eigenvalue weighted by Gasteiger charge is -2.47. The number of methoxy groups -OCH3 is 1. The number of carboxylic acids is 1. The number of nitrogens with zero attached hydrogens (tertiary/aromatic N) is 2. The van der Waals surface area contributed by atoms with Gasteiger partial charge in [-0.1, -0.05) is 0 Å². The van der Waals surface area contributed by atoms with Crippen LogP contribution < -0.4 is 4.90 Å². The molecule has 1 fully saturated rings. The van der Waals surface area contributed by atoms with E-state index in [4.69, 9.17) is 4.74 Å². The number of aromatic nitrogens is 1. The van der Waals surface area contributed by atoms with Crippen molar-refractivity contribution in [3.05, 3.63) is 36.0 Å². The summed E-state index contributed by atoms with van der Waals surface area (Å²) in [7, 11) is 1.71. The Morgan fingerprint density at radius 2 is 2.25 bits per heavy atom. The molecule has 0 amide bonds. The highest BCUT2D eigenvalue weighted by Crippen LogP contribution is 2.31. The number of aromatic carboxylic acids is 1. The van der Waals surface area contributed by atoms with Crippen molar-refractivity contribution in [2.24, 2.45) is 0 Å². The lowest BCUT2D eigenvalue weighted by atomic mass is 9.98. The topological polar surface area (TPSA) is 62.7 Å². The van der Waals surface area contributed by atoms with Gasteiger partial charge in [0.2, 0.25) is 0 Å². The molecule has 1 aliphatic heterocycles. The Balaban J connectivity index is 2.02. The average molecular weight is 272 g/mol. The predicted molar refractivity (Wildman–Crippen MR) is 76.3 cm³/mol. The molecule has 2 atom stereocenters. The first-order chi connectivity index (χ1) is 9.61. The van der Waals surface area contributed by atoms with Gasteiger partial charge < -0.3 is 14.7 Å². The number of carboxylic acid groups (broad SMARTS) is 1. The van der Waals surface area contributed by atoms with Gasteiger partial charge in [-0.15, -0.1) is 0 Å². The summed E-state index contributed by atoms with van der Waals surface area (Å²) in [6, 6.07) is 7.57. The first-order valence-electron chi connectivity index (χ1n) is 6.53. The molecule has 1 aromatic heterocycles. The van der Waals surface area contributed by atoms with Crippen molar-refractivity contribution in [2.75, 3.05) is 18.6 Å². The van der Waals surface area contributed by atoms with Gasteiger partial charge in [0, 0.05) is 30.9 Å². The van der Waals surface area contributed by atoms with Gasteiger partial charge in [0.05, 0.1) is 23.2 Å². The first-order valence-corrected chi connectivity index (χ1v) is 6.53. The Bertz CT molecular complexity index is 671. The molecule has 5 nitrogen and oxygen atoms in total. The molecule has 5 heteroatoms. The zero-order valence-corrected chi connectivity index (χ0v) is 11.4. The first kappa shape index (κ1) is 12.9. The minimum Gasteiger partial charge on any atom is -0.478 e. The molecule has 1 aromatic carbocycles. The highest BCUT2D eigenvalue weighted by Gasteiger charge is 2.35. The third kappa shape index (κ3) is 1.91. The van der Waals surface area contributed by atoms with E-state index in [1.165, 1.54) is 12.3 Å². The Kier molecular flexibility index (Phi) is 3.06. The number of fused-ring (bicyclic) bond motifs is 1. The highest BCUT2D eigenvalue weighted by molar-refractivity contribution is 6.03. The summed E-state index contributed by atoms with van der Waals surface area (Å²) in [6.45, 7) is 2.93. The van der Waals surface area contributed by atoms with Gasteiger partial charge in [0.15, 0.2) is 0 Å². The Hall–Kier alpha value is -2.14. The van der Waals surface area contributed by atoms with E-state index in [9.17, 15) is 9.90 Å². The molecule has 0 saturated carbocycles. The Morgan fingerprint density at radius 1 is 1.45 bits per heavy atom. The van der Waals surface area contributed by atoms with Gasteiger partial charge in [0.1, 0.15) is 0 Å². The van der Waals surface area contributed by atoms with E-state index in [1.807, 2.05) is 18.2 Å². The van der Waals surface area contributed by atoms with Crippen LogP contribution in [-0.4, -0.2) is 41.9 Å². The molecule has 104 valence electrons. The summed E-state index contributed by atoms with van der Waals surface area (Å²) >= 11 is 0. The van der Waals surface area contributed by atoms with Crippen LogP contribution in [0.4, 0.5) is 5.69 Å². The van der Waals surface area contributed by atoms with Crippen LogP contribution in [0.2, 0.25) is 0 Å². The standard InChI is InChI=1S/C15H16N2O3/c1-9-14(20-2)8-17(9)10-3-4-13-12(7-10)11(15(18)19)5-6-16-13/h3-7,9,14H,8H2,1-2H3,(H,18,19)/t9-,14+/m0/s1. The van der Waals surface area contributed by atoms with Crippen LogP contribution in [0.5, 0.6) is 0 Å². The van der Waals surface area contributed by atoms with E-state index in [0.29, 0.717) is 16.9 Å². The second kappa shape index (κ2) is 4.76. The Morgan fingerprint density at radius 3 is 2.90 bits per heavy atom. The molecule has 20 heavy (non-hydrogen) atoms. The normalized spacial score (nSPS) is 21.8. The van der Waals surface area contributed by atoms with Crippen LogP contribution in [0.25, 0.3) is 10.9 Å². The maximum absolute atomic E-state index is 11.3. The van der Waals surface area contributed by atoms with E-state index in [2.05, 4.69) is 16.8 Å². The van der Waals surface area contributed by atoms with Crippen molar-refractivity contribution >= 4 is 22.6 Å². The zero-order chi connectivity index (χ0) is 14.3. The number of anilines is 1. The molecular formula is C15H16N2O3. The van der Waals surface area contributed by atoms with E-state index < -0.39 is 5.97 Å². The summed E-state index contributed by atoms with van der Waals surface area (Å²) in [5.74, 6) is -0.930. The van der Waals surface area contributed by atoms with Crippen LogP contribution in [-0.2, 0) is 4.74 Å². The van der Waals surface area contributed by atoms with Crippen LogP contribution in [0.3, 0.4) is 0 Å². The third-order valence-corrected chi connectivity index (χ3v) is 4.00. The highest BCUT2D eigenvalue weighted by atomic mass is 16.5. The lowest BCUT2D eigenvalue weighted by Crippen LogP contribution is -2.59. The van der Waals surface area contributed by atoms with Crippen LogP contribution >= 0.6 is 0 Å². The van der Waals surface area contributed by atoms with E-state index in [1.54, 1.807) is 7.11 Å². The molecule has 0 radical (unpaired) electrons. The van der Waals surface area contributed by atoms with Crippen molar-refractivity contribution in [3.63, 3.8) is 0 Å². The van der Waals surface area contributed by atoms with Gasteiger partial charge in [-0.3, -0.25) is 4.98 Å². The van der Waals surface area contributed by atoms with Crippen LogP contribution in [0, 0.1) is 0 Å². The lowest BCUT2D eigenvalue weighted by molar-refractivity contribution is 0.0460. The fourth-order valence-electron chi connectivity index (χ4n) is 2.69. The minimum absolute atomic E-state index is 0.235. The number of hydrogen-bond acceptors (Lipinski definition) is 4. The van der Waals surface area contributed by atoms with Gasteiger partial charge in [-0.05, 0) is 31.2 Å². The van der Waals surface area contributed by atoms with Crippen molar-refractivity contribution < 1.29 is 14.6 Å². The smallest absolute Gasteiger partial charge is 0.336 e. The molecule has 0 aliphatic carbocycles. The number of rotatable bonds is 3. The number of ether oxygens (including phenoxy) is 1. The predicted octanol–water partition coefficient (Wildman–Crippen LogP) is 2.16. The molecule has 1 saturated heterocycles. The zero-order valence-electron chi connectivity index (χ0n) is 11.4. The number of pyridine rings is 1. The summed E-state index contributed by atoms with van der Waals surface area (Å²) in [5.41, 5.74) is 1.99. The molecule has 1 aliphatic rings. The summed E-state index contributed by atoms with van der Waals surface area (Å²) in [4.78, 5) is 17.7. The molecule has 0 unspecified atom stereocenters. The fraction of sp³-hybridized carbons (Fsp3) is 0.333. The van der Waals surface area contributed by atoms with Gasteiger partial charge >= 0.3 is 5.97 Å². The third-order valence-electron chi connectivity index (χ3n) is 4.00. The van der Waals surface area contributed by atoms with E-state index in [-0.39, 0.29) is 11.7 Å². The Labute approximate surface area is 116 Å². The fourth-order valence-corrected chi connectivity index (χ4v) is 2.69. The van der Waals surface area contributed by atoms with Crippen molar-refractivity contribution in [1.82, 2.24) is 4.98 Å². The number of benzene rings is 1. The summed E-state index contributed by atoms with van der Waals surface area (Å²) in [5, 5.41) is 9.93. The minimum atomic E-state index is -0.930. The van der Waals surface area contributed by atoms with Crippen LogP contribution in [0.15, 0.2) is 30.5 Å². The molecule has 3 rings (SSSR count). The van der Waals surface area contributed by atoms with Gasteiger partial charge in [-0.2, -0.15) is 0 Å². The largest absolute Gasteiger partial charge is 0.478 e. The van der Waals surface area contributed by atoms with E-state index >= 15 is 0 Å². The van der Waals surface area contributed by atoms with Crippen molar-refractivity contribution in [1.29, 1.82) is 0 Å². The molecule has 2 aromatic rings. The van der Waals surface area contributed by atoms with Crippen molar-refractivity contribution in [3.8, 4) is 0 Å². The monoisotopic (exact) mass is 272 g/mol. The number of carbonyl (C=O) groups is 1. The quantitative estimate of drug-likeness (QED) is 0.927. The number of hydrogen-bond donors (Lipinski definition) is 1. The molecule has 2 heterocycles.